The van der Waals surface area contributed by atoms with Crippen molar-refractivity contribution in [3.63, 3.8) is 0 Å². The molecule has 0 aromatic heterocycles. The van der Waals surface area contributed by atoms with Gasteiger partial charge in [0.05, 0.1) is 7.11 Å². The van der Waals surface area contributed by atoms with E-state index in [-0.39, 0.29) is 12.2 Å². The number of carbonyl (C=O) groups is 2. The monoisotopic (exact) mass is 193 g/mol. The lowest BCUT2D eigenvalue weighted by Crippen LogP contribution is -2.11. The first-order chi connectivity index (χ1) is 6.65. The molecule has 0 aliphatic heterocycles. The Bertz CT molecular complexity index is 360. The van der Waals surface area contributed by atoms with Gasteiger partial charge in [-0.15, -0.1) is 0 Å². The van der Waals surface area contributed by atoms with E-state index < -0.39 is 5.97 Å². The average Bonchev–Trinajstić information content (AvgIpc) is 2.18. The van der Waals surface area contributed by atoms with Crippen LogP contribution in [0.15, 0.2) is 24.3 Å². The molecule has 0 aliphatic rings. The number of ether oxygens (including phenoxy) is 1. The molecule has 0 aliphatic carbocycles. The third-order valence-electron chi connectivity index (χ3n) is 1.79. The van der Waals surface area contributed by atoms with Crippen LogP contribution in [0.25, 0.3) is 0 Å². The fourth-order valence-electron chi connectivity index (χ4n) is 1.05. The number of methoxy groups -OCH3 is 1. The summed E-state index contributed by atoms with van der Waals surface area (Å²) in [5, 5.41) is 0. The van der Waals surface area contributed by atoms with Gasteiger partial charge < -0.3 is 10.5 Å². The maximum atomic E-state index is 11.5. The number of Topliss-reactive ketones (excluding diaryl/α,β-unsaturated/α-hetero) is 1. The van der Waals surface area contributed by atoms with Gasteiger partial charge in [-0.05, 0) is 12.1 Å². The first kappa shape index (κ1) is 10.2. The van der Waals surface area contributed by atoms with Crippen molar-refractivity contribution < 1.29 is 14.3 Å². The number of hydrogen-bond acceptors (Lipinski definition) is 4. The van der Waals surface area contributed by atoms with Crippen LogP contribution in [0.5, 0.6) is 0 Å². The van der Waals surface area contributed by atoms with E-state index in [0.717, 1.165) is 0 Å². The number of nitrogens with two attached hydrogens (primary N) is 1. The number of nitrogen functional groups attached to an aromatic ring is 1. The molecule has 74 valence electrons. The van der Waals surface area contributed by atoms with Crippen LogP contribution in [-0.2, 0) is 9.53 Å². The minimum Gasteiger partial charge on any atom is -0.469 e. The van der Waals surface area contributed by atoms with Gasteiger partial charge in [-0.1, -0.05) is 12.1 Å². The van der Waals surface area contributed by atoms with Crippen molar-refractivity contribution in [2.45, 2.75) is 6.42 Å². The number of rotatable bonds is 3. The molecule has 0 radical (unpaired) electrons. The minimum absolute atomic E-state index is 0.273. The molecule has 0 spiro atoms. The highest BCUT2D eigenvalue weighted by atomic mass is 16.5. The molecule has 0 saturated heterocycles. The molecule has 0 fully saturated rings. The predicted molar refractivity (Wildman–Crippen MR) is 51.8 cm³/mol. The van der Waals surface area contributed by atoms with Gasteiger partial charge in [-0.3, -0.25) is 9.59 Å². The molecule has 1 aromatic carbocycles. The number of carbonyl (C=O) groups excluding carboxylic acids is 2. The predicted octanol–water partition coefficient (Wildman–Crippen LogP) is 1.01. The summed E-state index contributed by atoms with van der Waals surface area (Å²) in [6.07, 6.45) is -0.273. The lowest BCUT2D eigenvalue weighted by molar-refractivity contribution is -0.139. The molecule has 4 nitrogen and oxygen atoms in total. The van der Waals surface area contributed by atoms with E-state index in [0.29, 0.717) is 11.3 Å². The summed E-state index contributed by atoms with van der Waals surface area (Å²) in [6.45, 7) is 0. The van der Waals surface area contributed by atoms with Crippen LogP contribution in [0.1, 0.15) is 16.8 Å². The molecule has 0 bridgehead atoms. The molecule has 0 heterocycles. The molecule has 1 rings (SSSR count). The largest absolute Gasteiger partial charge is 0.469 e. The Balaban J connectivity index is 2.80. The van der Waals surface area contributed by atoms with Crippen LogP contribution < -0.4 is 5.73 Å². The number of para-hydroxylation sites is 1. The second-order valence-electron chi connectivity index (χ2n) is 2.76. The summed E-state index contributed by atoms with van der Waals surface area (Å²) >= 11 is 0. The van der Waals surface area contributed by atoms with Gasteiger partial charge in [-0.2, -0.15) is 0 Å². The second-order valence-corrected chi connectivity index (χ2v) is 2.76. The van der Waals surface area contributed by atoms with E-state index in [9.17, 15) is 9.59 Å². The Hall–Kier alpha value is -1.84. The quantitative estimate of drug-likeness (QED) is 0.336. The molecule has 1 aromatic rings. The third-order valence-corrected chi connectivity index (χ3v) is 1.79. The fraction of sp³-hybridized carbons (Fsp3) is 0.200. The lowest BCUT2D eigenvalue weighted by Gasteiger charge is -2.02. The van der Waals surface area contributed by atoms with Gasteiger partial charge in [0.25, 0.3) is 0 Å². The third kappa shape index (κ3) is 2.32. The van der Waals surface area contributed by atoms with Crippen molar-refractivity contribution >= 4 is 17.4 Å². The molecule has 0 unspecified atom stereocenters. The van der Waals surface area contributed by atoms with E-state index in [1.165, 1.54) is 7.11 Å². The van der Waals surface area contributed by atoms with E-state index in [1.54, 1.807) is 24.3 Å². The van der Waals surface area contributed by atoms with Gasteiger partial charge in [0.1, 0.15) is 6.42 Å². The Labute approximate surface area is 81.7 Å². The van der Waals surface area contributed by atoms with Crippen LogP contribution in [0.3, 0.4) is 0 Å². The maximum Gasteiger partial charge on any atom is 0.313 e. The van der Waals surface area contributed by atoms with Crippen molar-refractivity contribution in [2.75, 3.05) is 12.8 Å². The molecule has 0 amide bonds. The molecule has 4 heteroatoms. The summed E-state index contributed by atoms with van der Waals surface area (Å²) in [6, 6.07) is 6.62. The summed E-state index contributed by atoms with van der Waals surface area (Å²) in [5.74, 6) is -0.881. The molecular weight excluding hydrogens is 182 g/mol. The van der Waals surface area contributed by atoms with Crippen LogP contribution in [0, 0.1) is 0 Å². The molecule has 0 atom stereocenters. The van der Waals surface area contributed by atoms with Crippen molar-refractivity contribution in [3.05, 3.63) is 29.8 Å². The summed E-state index contributed by atoms with van der Waals surface area (Å²) in [7, 11) is 1.24. The maximum absolute atomic E-state index is 11.5. The Morgan fingerprint density at radius 2 is 2.00 bits per heavy atom. The van der Waals surface area contributed by atoms with Gasteiger partial charge in [0.15, 0.2) is 5.78 Å². The van der Waals surface area contributed by atoms with E-state index in [1.807, 2.05) is 0 Å². The van der Waals surface area contributed by atoms with Gasteiger partial charge in [0.2, 0.25) is 0 Å². The van der Waals surface area contributed by atoms with Gasteiger partial charge >= 0.3 is 5.97 Å². The highest BCUT2D eigenvalue weighted by Crippen LogP contribution is 2.12. The second kappa shape index (κ2) is 4.41. The highest BCUT2D eigenvalue weighted by molar-refractivity contribution is 6.08. The number of ketones is 1. The SMILES string of the molecule is COC(=O)CC(=O)c1ccccc1N. The Morgan fingerprint density at radius 3 is 2.57 bits per heavy atom. The Morgan fingerprint density at radius 1 is 1.36 bits per heavy atom. The summed E-state index contributed by atoms with van der Waals surface area (Å²) in [4.78, 5) is 22.3. The van der Waals surface area contributed by atoms with Crippen LogP contribution >= 0.6 is 0 Å². The minimum atomic E-state index is -0.557. The van der Waals surface area contributed by atoms with Crippen molar-refractivity contribution in [3.8, 4) is 0 Å². The Kier molecular flexibility index (Phi) is 3.23. The topological polar surface area (TPSA) is 69.4 Å². The molecular formula is C10H11NO3. The fourth-order valence-corrected chi connectivity index (χ4v) is 1.05. The molecule has 14 heavy (non-hydrogen) atoms. The normalized spacial score (nSPS) is 9.50. The zero-order chi connectivity index (χ0) is 10.6. The van der Waals surface area contributed by atoms with Crippen molar-refractivity contribution in [2.24, 2.45) is 0 Å². The zero-order valence-electron chi connectivity index (χ0n) is 7.82. The number of hydrogen-bond donors (Lipinski definition) is 1. The first-order valence-corrected chi connectivity index (χ1v) is 4.09. The van der Waals surface area contributed by atoms with Crippen LogP contribution in [0.4, 0.5) is 5.69 Å². The van der Waals surface area contributed by atoms with Crippen molar-refractivity contribution in [1.82, 2.24) is 0 Å². The number of anilines is 1. The first-order valence-electron chi connectivity index (χ1n) is 4.09. The van der Waals surface area contributed by atoms with Crippen LogP contribution in [-0.4, -0.2) is 18.9 Å². The standard InChI is InChI=1S/C10H11NO3/c1-14-10(13)6-9(12)7-4-2-3-5-8(7)11/h2-5H,6,11H2,1H3. The summed E-state index contributed by atoms with van der Waals surface area (Å²) < 4.78 is 4.38. The lowest BCUT2D eigenvalue weighted by atomic mass is 10.1. The van der Waals surface area contributed by atoms with E-state index in [2.05, 4.69) is 4.74 Å². The smallest absolute Gasteiger partial charge is 0.313 e. The number of benzene rings is 1. The molecule has 0 saturated carbocycles. The molecule has 2 N–H and O–H groups in total. The van der Waals surface area contributed by atoms with Crippen LogP contribution in [0.2, 0.25) is 0 Å². The number of esters is 1. The summed E-state index contributed by atoms with van der Waals surface area (Å²) in [5.41, 5.74) is 6.30. The van der Waals surface area contributed by atoms with Gasteiger partial charge in [-0.25, -0.2) is 0 Å². The highest BCUT2D eigenvalue weighted by Gasteiger charge is 2.13. The van der Waals surface area contributed by atoms with Gasteiger partial charge in [0, 0.05) is 11.3 Å². The van der Waals surface area contributed by atoms with Crippen molar-refractivity contribution in [1.29, 1.82) is 0 Å². The zero-order valence-corrected chi connectivity index (χ0v) is 7.82. The van der Waals surface area contributed by atoms with E-state index >= 15 is 0 Å². The average molecular weight is 193 g/mol. The van der Waals surface area contributed by atoms with E-state index in [4.69, 9.17) is 5.73 Å².